The first-order valence-corrected chi connectivity index (χ1v) is 9.61. The number of Topliss-reactive ketones (excluding diaryl/α,β-unsaturated/α-hetero) is 2. The van der Waals surface area contributed by atoms with Crippen LogP contribution in [0.25, 0.3) is 0 Å². The summed E-state index contributed by atoms with van der Waals surface area (Å²) in [7, 11) is 0. The topological polar surface area (TPSA) is 89.5 Å². The summed E-state index contributed by atoms with van der Waals surface area (Å²) < 4.78 is 5.28. The van der Waals surface area contributed by atoms with Crippen molar-refractivity contribution in [2.45, 2.75) is 31.8 Å². The van der Waals surface area contributed by atoms with Crippen molar-refractivity contribution < 1.29 is 23.9 Å². The van der Waals surface area contributed by atoms with Crippen LogP contribution in [0.2, 0.25) is 0 Å². The lowest BCUT2D eigenvalue weighted by Crippen LogP contribution is -2.30. The van der Waals surface area contributed by atoms with E-state index in [9.17, 15) is 19.2 Å². The molecule has 1 amide bonds. The number of hydrogen-bond donors (Lipinski definition) is 1. The number of carbonyl (C=O) groups is 4. The fraction of sp³-hybridized carbons (Fsp3) is 0.238. The van der Waals surface area contributed by atoms with Crippen molar-refractivity contribution in [2.24, 2.45) is 0 Å². The maximum absolute atomic E-state index is 12.5. The third-order valence-electron chi connectivity index (χ3n) is 3.76. The van der Waals surface area contributed by atoms with Gasteiger partial charge in [-0.2, -0.15) is 0 Å². The monoisotopic (exact) mass is 399 g/mol. The molecule has 0 unspecified atom stereocenters. The highest BCUT2D eigenvalue weighted by Gasteiger charge is 2.22. The van der Waals surface area contributed by atoms with E-state index >= 15 is 0 Å². The number of para-hydroxylation sites is 1. The fourth-order valence-electron chi connectivity index (χ4n) is 2.35. The van der Waals surface area contributed by atoms with E-state index in [2.05, 4.69) is 5.32 Å². The lowest BCUT2D eigenvalue weighted by Gasteiger charge is -2.16. The number of esters is 1. The van der Waals surface area contributed by atoms with Gasteiger partial charge >= 0.3 is 5.97 Å². The van der Waals surface area contributed by atoms with Crippen LogP contribution in [0.5, 0.6) is 0 Å². The highest BCUT2D eigenvalue weighted by atomic mass is 32.2. The summed E-state index contributed by atoms with van der Waals surface area (Å²) in [6, 6.07) is 13.4. The largest absolute Gasteiger partial charge is 0.449 e. The lowest BCUT2D eigenvalue weighted by molar-refractivity contribution is -0.123. The lowest BCUT2D eigenvalue weighted by atomic mass is 10.1. The molecule has 0 bridgehead atoms. The highest BCUT2D eigenvalue weighted by Crippen LogP contribution is 2.24. The second-order valence-electron chi connectivity index (χ2n) is 6.13. The molecule has 0 aliphatic heterocycles. The quantitative estimate of drug-likeness (QED) is 0.413. The average Bonchev–Trinajstić information content (AvgIpc) is 2.66. The summed E-state index contributed by atoms with van der Waals surface area (Å²) in [6.45, 7) is 4.33. The van der Waals surface area contributed by atoms with Crippen LogP contribution in [0, 0.1) is 0 Å². The van der Waals surface area contributed by atoms with E-state index in [4.69, 9.17) is 4.74 Å². The standard InChI is InChI=1S/C21H21NO5S/c1-13(23)12-28-19-11-7-5-9-17(19)21(26)27-15(3)20(25)22-18-10-6-4-8-16(18)14(2)24/h4-11,15H,12H2,1-3H3,(H,22,25)/t15-/m1/s1. The number of benzene rings is 2. The number of carbonyl (C=O) groups excluding carboxylic acids is 4. The third kappa shape index (κ3) is 5.79. The first-order chi connectivity index (χ1) is 13.3. The Kier molecular flexibility index (Phi) is 7.52. The minimum atomic E-state index is -1.07. The van der Waals surface area contributed by atoms with Crippen LogP contribution in [0.15, 0.2) is 53.4 Å². The molecule has 0 radical (unpaired) electrons. The van der Waals surface area contributed by atoms with Crippen LogP contribution in [0.3, 0.4) is 0 Å². The van der Waals surface area contributed by atoms with Crippen LogP contribution in [0.4, 0.5) is 5.69 Å². The van der Waals surface area contributed by atoms with Crippen molar-refractivity contribution in [3.05, 3.63) is 59.7 Å². The molecule has 6 nitrogen and oxygen atoms in total. The molecule has 7 heteroatoms. The zero-order valence-electron chi connectivity index (χ0n) is 15.9. The number of rotatable bonds is 8. The molecule has 2 aromatic carbocycles. The zero-order valence-corrected chi connectivity index (χ0v) is 16.7. The number of thioether (sulfide) groups is 1. The molecule has 0 aromatic heterocycles. The summed E-state index contributed by atoms with van der Waals surface area (Å²) in [5.74, 6) is -1.16. The van der Waals surface area contributed by atoms with E-state index in [1.54, 1.807) is 48.5 Å². The Labute approximate surface area is 167 Å². The molecule has 28 heavy (non-hydrogen) atoms. The SMILES string of the molecule is CC(=O)CSc1ccccc1C(=O)O[C@H](C)C(=O)Nc1ccccc1C(C)=O. The molecule has 146 valence electrons. The smallest absolute Gasteiger partial charge is 0.340 e. The van der Waals surface area contributed by atoms with E-state index in [1.165, 1.54) is 32.5 Å². The summed E-state index contributed by atoms with van der Waals surface area (Å²) >= 11 is 1.24. The minimum Gasteiger partial charge on any atom is -0.449 e. The maximum Gasteiger partial charge on any atom is 0.340 e. The van der Waals surface area contributed by atoms with Gasteiger partial charge in [-0.05, 0) is 45.0 Å². The fourth-order valence-corrected chi connectivity index (χ4v) is 3.19. The molecule has 1 N–H and O–H groups in total. The Balaban J connectivity index is 2.08. The van der Waals surface area contributed by atoms with Crippen LogP contribution in [0.1, 0.15) is 41.5 Å². The average molecular weight is 399 g/mol. The van der Waals surface area contributed by atoms with Gasteiger partial charge in [0.15, 0.2) is 11.9 Å². The summed E-state index contributed by atoms with van der Waals surface area (Å²) in [4.78, 5) is 48.4. The summed E-state index contributed by atoms with van der Waals surface area (Å²) in [5, 5.41) is 2.62. The van der Waals surface area contributed by atoms with Gasteiger partial charge in [0.05, 0.1) is 17.0 Å². The predicted octanol–water partition coefficient (Wildman–Crippen LogP) is 3.75. The number of anilines is 1. The highest BCUT2D eigenvalue weighted by molar-refractivity contribution is 8.00. The van der Waals surface area contributed by atoms with Crippen molar-refractivity contribution >= 4 is 40.9 Å². The Morgan fingerprint density at radius 1 is 0.964 bits per heavy atom. The first kappa shape index (κ1) is 21.4. The van der Waals surface area contributed by atoms with E-state index in [0.29, 0.717) is 16.1 Å². The Hall–Kier alpha value is -2.93. The summed E-state index contributed by atoms with van der Waals surface area (Å²) in [5.41, 5.74) is 1.03. The van der Waals surface area contributed by atoms with Crippen molar-refractivity contribution in [1.29, 1.82) is 0 Å². The van der Waals surface area contributed by atoms with Gasteiger partial charge in [0.1, 0.15) is 5.78 Å². The van der Waals surface area contributed by atoms with Gasteiger partial charge < -0.3 is 10.1 Å². The normalized spacial score (nSPS) is 11.4. The molecule has 0 heterocycles. The molecule has 0 saturated carbocycles. The van der Waals surface area contributed by atoms with Crippen LogP contribution >= 0.6 is 11.8 Å². The van der Waals surface area contributed by atoms with Crippen LogP contribution in [-0.2, 0) is 14.3 Å². The van der Waals surface area contributed by atoms with E-state index in [-0.39, 0.29) is 22.9 Å². The number of ketones is 2. The van der Waals surface area contributed by atoms with Gasteiger partial charge in [0.2, 0.25) is 0 Å². The molecule has 0 fully saturated rings. The zero-order chi connectivity index (χ0) is 20.7. The second kappa shape index (κ2) is 9.85. The Bertz CT molecular complexity index is 909. The molecule has 2 rings (SSSR count). The van der Waals surface area contributed by atoms with Gasteiger partial charge in [0, 0.05) is 10.5 Å². The van der Waals surface area contributed by atoms with E-state index < -0.39 is 18.0 Å². The molecule has 2 aromatic rings. The van der Waals surface area contributed by atoms with Crippen molar-refractivity contribution in [3.63, 3.8) is 0 Å². The molecule has 0 aliphatic carbocycles. The minimum absolute atomic E-state index is 0.00921. The molecular weight excluding hydrogens is 378 g/mol. The van der Waals surface area contributed by atoms with Gasteiger partial charge in [-0.3, -0.25) is 14.4 Å². The molecule has 0 saturated heterocycles. The van der Waals surface area contributed by atoms with Gasteiger partial charge in [-0.15, -0.1) is 11.8 Å². The first-order valence-electron chi connectivity index (χ1n) is 8.62. The number of ether oxygens (including phenoxy) is 1. The Morgan fingerprint density at radius 2 is 1.57 bits per heavy atom. The van der Waals surface area contributed by atoms with E-state index in [0.717, 1.165) is 0 Å². The van der Waals surface area contributed by atoms with Crippen molar-refractivity contribution in [2.75, 3.05) is 11.1 Å². The number of amides is 1. The van der Waals surface area contributed by atoms with Crippen LogP contribution in [-0.4, -0.2) is 35.3 Å². The number of hydrogen-bond acceptors (Lipinski definition) is 6. The number of nitrogens with one attached hydrogen (secondary N) is 1. The van der Waals surface area contributed by atoms with Gasteiger partial charge in [0.25, 0.3) is 5.91 Å². The van der Waals surface area contributed by atoms with Crippen molar-refractivity contribution in [1.82, 2.24) is 0 Å². The predicted molar refractivity (Wildman–Crippen MR) is 108 cm³/mol. The molecule has 1 atom stereocenters. The molecule has 0 aliphatic rings. The molecular formula is C21H21NO5S. The maximum atomic E-state index is 12.5. The van der Waals surface area contributed by atoms with Crippen molar-refractivity contribution in [3.8, 4) is 0 Å². The van der Waals surface area contributed by atoms with Gasteiger partial charge in [-0.1, -0.05) is 24.3 Å². The Morgan fingerprint density at radius 3 is 2.21 bits per heavy atom. The second-order valence-corrected chi connectivity index (χ2v) is 7.14. The van der Waals surface area contributed by atoms with Gasteiger partial charge in [-0.25, -0.2) is 4.79 Å². The molecule has 0 spiro atoms. The summed E-state index contributed by atoms with van der Waals surface area (Å²) in [6.07, 6.45) is -1.07. The van der Waals surface area contributed by atoms with E-state index in [1.807, 2.05) is 0 Å². The third-order valence-corrected chi connectivity index (χ3v) is 4.97. The van der Waals surface area contributed by atoms with Crippen LogP contribution < -0.4 is 5.32 Å².